The zero-order valence-corrected chi connectivity index (χ0v) is 16.0. The Morgan fingerprint density at radius 2 is 1.77 bits per heavy atom. The fourth-order valence-electron chi connectivity index (χ4n) is 2.86. The van der Waals surface area contributed by atoms with Crippen molar-refractivity contribution in [3.8, 4) is 5.75 Å². The third-order valence-corrected chi connectivity index (χ3v) is 5.74. The molecule has 2 aromatic rings. The molecule has 0 saturated carbocycles. The van der Waals surface area contributed by atoms with E-state index in [1.807, 2.05) is 44.2 Å². The van der Waals surface area contributed by atoms with Crippen molar-refractivity contribution in [1.82, 2.24) is 0 Å². The monoisotopic (exact) mass is 371 g/mol. The first-order valence-corrected chi connectivity index (χ1v) is 9.17. The predicted octanol–water partition coefficient (Wildman–Crippen LogP) is 4.03. The van der Waals surface area contributed by atoms with Crippen LogP contribution in [0.2, 0.25) is 0 Å². The second-order valence-electron chi connectivity index (χ2n) is 6.26. The number of rotatable bonds is 3. The number of aryl methyl sites for hydroxylation is 2. The Hall–Kier alpha value is -2.47. The van der Waals surface area contributed by atoms with Gasteiger partial charge in [-0.1, -0.05) is 12.1 Å². The Morgan fingerprint density at radius 3 is 2.38 bits per heavy atom. The van der Waals surface area contributed by atoms with Gasteiger partial charge in [0.2, 0.25) is 0 Å². The number of thioether (sulfide) groups is 1. The van der Waals surface area contributed by atoms with Crippen LogP contribution in [0, 0.1) is 13.8 Å². The molecule has 0 fully saturated rings. The summed E-state index contributed by atoms with van der Waals surface area (Å²) in [5, 5.41) is 2.55. The number of methoxy groups -OCH3 is 1. The molecule has 1 amide bonds. The van der Waals surface area contributed by atoms with Crippen molar-refractivity contribution in [2.75, 3.05) is 12.4 Å². The second kappa shape index (κ2) is 7.41. The number of amides is 1. The SMILES string of the molecule is COc1ccc([C@@H]2Sc3cc(C)c(C)cc3NC(=O)[C@@H]2OC(C)=O)cc1. The van der Waals surface area contributed by atoms with E-state index in [9.17, 15) is 9.59 Å². The molecule has 0 spiro atoms. The number of fused-ring (bicyclic) bond motifs is 1. The molecule has 2 atom stereocenters. The highest BCUT2D eigenvalue weighted by Gasteiger charge is 2.37. The van der Waals surface area contributed by atoms with E-state index >= 15 is 0 Å². The van der Waals surface area contributed by atoms with Gasteiger partial charge in [0.1, 0.15) is 5.75 Å². The minimum absolute atomic E-state index is 0.324. The standard InChI is InChI=1S/C20H21NO4S/c1-11-9-16-17(10-12(11)2)26-19(14-5-7-15(24-4)8-6-14)18(20(23)21-16)25-13(3)22/h5-10,18-19H,1-4H3,(H,21,23)/t18-,19+/m1/s1. The number of ether oxygens (including phenoxy) is 2. The van der Waals surface area contributed by atoms with Crippen molar-refractivity contribution < 1.29 is 19.1 Å². The van der Waals surface area contributed by atoms with Crippen molar-refractivity contribution in [3.63, 3.8) is 0 Å². The minimum Gasteiger partial charge on any atom is -0.497 e. The molecule has 0 unspecified atom stereocenters. The highest BCUT2D eigenvalue weighted by molar-refractivity contribution is 7.99. The van der Waals surface area contributed by atoms with E-state index in [2.05, 4.69) is 11.4 Å². The lowest BCUT2D eigenvalue weighted by Gasteiger charge is -2.23. The number of esters is 1. The lowest BCUT2D eigenvalue weighted by Crippen LogP contribution is -2.34. The average molecular weight is 371 g/mol. The first-order valence-electron chi connectivity index (χ1n) is 8.29. The Balaban J connectivity index is 2.06. The van der Waals surface area contributed by atoms with Gasteiger partial charge < -0.3 is 14.8 Å². The molecule has 0 aromatic heterocycles. The second-order valence-corrected chi connectivity index (χ2v) is 7.45. The summed E-state index contributed by atoms with van der Waals surface area (Å²) in [6, 6.07) is 11.5. The number of hydrogen-bond acceptors (Lipinski definition) is 5. The predicted molar refractivity (Wildman–Crippen MR) is 102 cm³/mol. The van der Waals surface area contributed by atoms with Crippen molar-refractivity contribution in [2.24, 2.45) is 0 Å². The Labute approximate surface area is 157 Å². The third kappa shape index (κ3) is 3.70. The molecule has 1 N–H and O–H groups in total. The maximum Gasteiger partial charge on any atom is 0.303 e. The fraction of sp³-hybridized carbons (Fsp3) is 0.300. The fourth-order valence-corrected chi connectivity index (χ4v) is 4.21. The van der Waals surface area contributed by atoms with Gasteiger partial charge in [-0.2, -0.15) is 0 Å². The van der Waals surface area contributed by atoms with Gasteiger partial charge in [0.25, 0.3) is 5.91 Å². The largest absolute Gasteiger partial charge is 0.497 e. The molecule has 6 heteroatoms. The van der Waals surface area contributed by atoms with Crippen LogP contribution in [0.3, 0.4) is 0 Å². The van der Waals surface area contributed by atoms with E-state index < -0.39 is 12.1 Å². The van der Waals surface area contributed by atoms with Crippen LogP contribution in [0.5, 0.6) is 5.75 Å². The number of anilines is 1. The van der Waals surface area contributed by atoms with Gasteiger partial charge in [-0.25, -0.2) is 0 Å². The molecule has 3 rings (SSSR count). The van der Waals surface area contributed by atoms with Gasteiger partial charge in [0, 0.05) is 11.8 Å². The first-order chi connectivity index (χ1) is 12.4. The number of carbonyl (C=O) groups is 2. The van der Waals surface area contributed by atoms with Crippen molar-refractivity contribution in [2.45, 2.75) is 37.0 Å². The molecule has 0 saturated heterocycles. The van der Waals surface area contributed by atoms with E-state index in [1.54, 1.807) is 7.11 Å². The van der Waals surface area contributed by atoms with Crippen LogP contribution < -0.4 is 10.1 Å². The zero-order chi connectivity index (χ0) is 18.8. The number of benzene rings is 2. The highest BCUT2D eigenvalue weighted by Crippen LogP contribution is 2.45. The molecule has 5 nitrogen and oxygen atoms in total. The molecule has 136 valence electrons. The van der Waals surface area contributed by atoms with Gasteiger partial charge in [-0.05, 0) is 54.8 Å². The molecule has 0 aliphatic carbocycles. The smallest absolute Gasteiger partial charge is 0.303 e. The summed E-state index contributed by atoms with van der Waals surface area (Å²) in [5.41, 5.74) is 3.88. The van der Waals surface area contributed by atoms with Crippen molar-refractivity contribution >= 4 is 29.3 Å². The lowest BCUT2D eigenvalue weighted by molar-refractivity contribution is -0.152. The molecule has 0 radical (unpaired) electrons. The highest BCUT2D eigenvalue weighted by atomic mass is 32.2. The molecule has 26 heavy (non-hydrogen) atoms. The molecule has 0 bridgehead atoms. The van der Waals surface area contributed by atoms with Gasteiger partial charge in [0.15, 0.2) is 6.10 Å². The molecule has 1 aliphatic rings. The molecule has 2 aromatic carbocycles. The zero-order valence-electron chi connectivity index (χ0n) is 15.2. The molecular weight excluding hydrogens is 350 g/mol. The van der Waals surface area contributed by atoms with E-state index in [0.29, 0.717) is 0 Å². The van der Waals surface area contributed by atoms with E-state index in [-0.39, 0.29) is 11.2 Å². The molecular formula is C20H21NO4S. The Bertz CT molecular complexity index is 848. The summed E-state index contributed by atoms with van der Waals surface area (Å²) in [6.07, 6.45) is -0.918. The van der Waals surface area contributed by atoms with E-state index in [0.717, 1.165) is 33.0 Å². The Morgan fingerprint density at radius 1 is 1.12 bits per heavy atom. The van der Waals surface area contributed by atoms with Crippen LogP contribution >= 0.6 is 11.8 Å². The van der Waals surface area contributed by atoms with Crippen LogP contribution in [0.4, 0.5) is 5.69 Å². The third-order valence-electron chi connectivity index (χ3n) is 4.38. The summed E-state index contributed by atoms with van der Waals surface area (Å²) >= 11 is 1.52. The maximum atomic E-state index is 12.8. The minimum atomic E-state index is -0.918. The maximum absolute atomic E-state index is 12.8. The van der Waals surface area contributed by atoms with Crippen LogP contribution in [-0.4, -0.2) is 25.1 Å². The van der Waals surface area contributed by atoms with Gasteiger partial charge in [0.05, 0.1) is 18.0 Å². The van der Waals surface area contributed by atoms with Gasteiger partial charge in [-0.3, -0.25) is 9.59 Å². The lowest BCUT2D eigenvalue weighted by atomic mass is 10.1. The van der Waals surface area contributed by atoms with Gasteiger partial charge in [-0.15, -0.1) is 11.8 Å². The molecule has 1 aliphatic heterocycles. The normalized spacial score (nSPS) is 19.2. The topological polar surface area (TPSA) is 64.6 Å². The summed E-state index contributed by atoms with van der Waals surface area (Å²) in [4.78, 5) is 25.3. The number of carbonyl (C=O) groups excluding carboxylic acids is 2. The van der Waals surface area contributed by atoms with Crippen LogP contribution in [0.1, 0.15) is 28.9 Å². The van der Waals surface area contributed by atoms with Crippen LogP contribution in [0.15, 0.2) is 41.3 Å². The number of nitrogens with one attached hydrogen (secondary N) is 1. The summed E-state index contributed by atoms with van der Waals surface area (Å²) in [7, 11) is 1.60. The quantitative estimate of drug-likeness (QED) is 0.825. The molecule has 1 heterocycles. The first kappa shape index (κ1) is 18.3. The Kier molecular flexibility index (Phi) is 5.23. The van der Waals surface area contributed by atoms with Crippen LogP contribution in [0.25, 0.3) is 0 Å². The van der Waals surface area contributed by atoms with Crippen molar-refractivity contribution in [1.29, 1.82) is 0 Å². The summed E-state index contributed by atoms with van der Waals surface area (Å²) in [6.45, 7) is 5.35. The van der Waals surface area contributed by atoms with Crippen LogP contribution in [-0.2, 0) is 14.3 Å². The van der Waals surface area contributed by atoms with Crippen molar-refractivity contribution in [3.05, 3.63) is 53.1 Å². The van der Waals surface area contributed by atoms with E-state index in [1.165, 1.54) is 18.7 Å². The summed E-state index contributed by atoms with van der Waals surface area (Å²) in [5.74, 6) is -0.0779. The van der Waals surface area contributed by atoms with Gasteiger partial charge >= 0.3 is 5.97 Å². The average Bonchev–Trinajstić information content (AvgIpc) is 2.73. The summed E-state index contributed by atoms with van der Waals surface area (Å²) < 4.78 is 10.6. The van der Waals surface area contributed by atoms with E-state index in [4.69, 9.17) is 9.47 Å². The number of hydrogen-bond donors (Lipinski definition) is 1.